The first-order chi connectivity index (χ1) is 17.1. The van der Waals surface area contributed by atoms with Gasteiger partial charge in [0.05, 0.1) is 32.9 Å². The SMILES string of the molecule is COc1ccc(C2CC(=O)CC(c3ccc(OC)cc3)N2OCCc2nc3ccccc3o2)cc1. The second-order valence-corrected chi connectivity index (χ2v) is 8.54. The lowest BCUT2D eigenvalue weighted by Crippen LogP contribution is -2.40. The van der Waals surface area contributed by atoms with Crippen LogP contribution in [0.25, 0.3) is 11.1 Å². The molecule has 0 saturated carbocycles. The van der Waals surface area contributed by atoms with Crippen molar-refractivity contribution in [3.05, 3.63) is 89.8 Å². The van der Waals surface area contributed by atoms with E-state index in [9.17, 15) is 4.79 Å². The molecule has 5 rings (SSSR count). The van der Waals surface area contributed by atoms with Crippen LogP contribution in [-0.2, 0) is 16.1 Å². The largest absolute Gasteiger partial charge is 0.497 e. The van der Waals surface area contributed by atoms with Crippen LogP contribution in [0.3, 0.4) is 0 Å². The second-order valence-electron chi connectivity index (χ2n) is 8.54. The van der Waals surface area contributed by atoms with Crippen LogP contribution in [0.5, 0.6) is 11.5 Å². The molecule has 2 heterocycles. The molecule has 2 atom stereocenters. The molecule has 180 valence electrons. The third-order valence-corrected chi connectivity index (χ3v) is 6.35. The van der Waals surface area contributed by atoms with Crippen molar-refractivity contribution in [1.29, 1.82) is 0 Å². The third kappa shape index (κ3) is 5.06. The average Bonchev–Trinajstić information content (AvgIpc) is 3.32. The van der Waals surface area contributed by atoms with Gasteiger partial charge in [0.25, 0.3) is 0 Å². The highest BCUT2D eigenvalue weighted by Crippen LogP contribution is 2.41. The van der Waals surface area contributed by atoms with Crippen molar-refractivity contribution in [1.82, 2.24) is 10.0 Å². The molecule has 2 unspecified atom stereocenters. The number of hydrogen-bond donors (Lipinski definition) is 0. The molecule has 0 N–H and O–H groups in total. The van der Waals surface area contributed by atoms with E-state index < -0.39 is 0 Å². The molecule has 3 aromatic carbocycles. The molecule has 0 spiro atoms. The topological polar surface area (TPSA) is 74.0 Å². The van der Waals surface area contributed by atoms with Crippen molar-refractivity contribution in [2.75, 3.05) is 20.8 Å². The highest BCUT2D eigenvalue weighted by Gasteiger charge is 2.37. The van der Waals surface area contributed by atoms with Crippen molar-refractivity contribution in [2.24, 2.45) is 0 Å². The number of piperidine rings is 1. The van der Waals surface area contributed by atoms with Gasteiger partial charge in [-0.05, 0) is 47.5 Å². The van der Waals surface area contributed by atoms with Gasteiger partial charge in [0, 0.05) is 19.3 Å². The van der Waals surface area contributed by atoms with Crippen LogP contribution in [0.4, 0.5) is 0 Å². The number of benzene rings is 3. The Bertz CT molecular complexity index is 1190. The first kappa shape index (κ1) is 23.1. The molecular weight excluding hydrogens is 444 g/mol. The summed E-state index contributed by atoms with van der Waals surface area (Å²) in [6, 6.07) is 22.9. The molecule has 0 amide bonds. The van der Waals surface area contributed by atoms with Gasteiger partial charge >= 0.3 is 0 Å². The van der Waals surface area contributed by atoms with Crippen LogP contribution < -0.4 is 9.47 Å². The summed E-state index contributed by atoms with van der Waals surface area (Å²) in [7, 11) is 3.28. The molecular formula is C28H28N2O5. The fourth-order valence-electron chi connectivity index (χ4n) is 4.54. The minimum absolute atomic E-state index is 0.199. The summed E-state index contributed by atoms with van der Waals surface area (Å²) in [6.45, 7) is 0.375. The predicted octanol–water partition coefficient (Wildman–Crippen LogP) is 5.47. The van der Waals surface area contributed by atoms with Crippen molar-refractivity contribution in [3.63, 3.8) is 0 Å². The van der Waals surface area contributed by atoms with E-state index in [1.807, 2.05) is 77.9 Å². The minimum Gasteiger partial charge on any atom is -0.497 e. The molecule has 7 nitrogen and oxygen atoms in total. The maximum absolute atomic E-state index is 12.9. The lowest BCUT2D eigenvalue weighted by Gasteiger charge is -2.40. The van der Waals surface area contributed by atoms with Crippen molar-refractivity contribution < 1.29 is 23.5 Å². The molecule has 1 saturated heterocycles. The molecule has 4 aromatic rings. The van der Waals surface area contributed by atoms with E-state index in [4.69, 9.17) is 18.7 Å². The van der Waals surface area contributed by atoms with E-state index in [2.05, 4.69) is 4.98 Å². The normalized spacial score (nSPS) is 18.6. The second kappa shape index (κ2) is 10.3. The number of hydroxylamine groups is 2. The quantitative estimate of drug-likeness (QED) is 0.337. The van der Waals surface area contributed by atoms with Crippen LogP contribution in [-0.4, -0.2) is 36.7 Å². The summed E-state index contributed by atoms with van der Waals surface area (Å²) in [4.78, 5) is 23.8. The maximum Gasteiger partial charge on any atom is 0.197 e. The Morgan fingerprint density at radius 1 is 0.857 bits per heavy atom. The molecule has 7 heteroatoms. The number of para-hydroxylation sites is 2. The lowest BCUT2D eigenvalue weighted by atomic mass is 9.88. The van der Waals surface area contributed by atoms with E-state index in [-0.39, 0.29) is 17.9 Å². The van der Waals surface area contributed by atoms with Gasteiger partial charge in [0.15, 0.2) is 11.5 Å². The number of ether oxygens (including phenoxy) is 2. The van der Waals surface area contributed by atoms with Crippen LogP contribution in [0.2, 0.25) is 0 Å². The van der Waals surface area contributed by atoms with Gasteiger partial charge in [-0.1, -0.05) is 36.4 Å². The Morgan fingerprint density at radius 3 is 1.97 bits per heavy atom. The monoisotopic (exact) mass is 472 g/mol. The van der Waals surface area contributed by atoms with Gasteiger partial charge in [0.1, 0.15) is 22.8 Å². The fourth-order valence-corrected chi connectivity index (χ4v) is 4.54. The molecule has 35 heavy (non-hydrogen) atoms. The van der Waals surface area contributed by atoms with Gasteiger partial charge in [-0.3, -0.25) is 9.63 Å². The Hall–Kier alpha value is -3.68. The Balaban J connectivity index is 1.41. The number of nitrogens with zero attached hydrogens (tertiary/aromatic N) is 2. The third-order valence-electron chi connectivity index (χ3n) is 6.35. The molecule has 0 radical (unpaired) electrons. The van der Waals surface area contributed by atoms with Crippen LogP contribution >= 0.6 is 0 Å². The number of methoxy groups -OCH3 is 2. The Kier molecular flexibility index (Phi) is 6.79. The smallest absolute Gasteiger partial charge is 0.197 e. The molecule has 1 fully saturated rings. The van der Waals surface area contributed by atoms with E-state index in [1.54, 1.807) is 14.2 Å². The number of hydrogen-bond acceptors (Lipinski definition) is 7. The van der Waals surface area contributed by atoms with Crippen LogP contribution in [0.15, 0.2) is 77.2 Å². The van der Waals surface area contributed by atoms with Gasteiger partial charge in [-0.25, -0.2) is 4.98 Å². The summed E-state index contributed by atoms with van der Waals surface area (Å²) in [5.41, 5.74) is 3.59. The zero-order valence-electron chi connectivity index (χ0n) is 19.8. The Labute approximate surface area is 204 Å². The van der Waals surface area contributed by atoms with Gasteiger partial charge < -0.3 is 13.9 Å². The minimum atomic E-state index is -0.224. The molecule has 0 bridgehead atoms. The average molecular weight is 473 g/mol. The summed E-state index contributed by atoms with van der Waals surface area (Å²) in [6.07, 6.45) is 1.27. The van der Waals surface area contributed by atoms with Crippen LogP contribution in [0.1, 0.15) is 41.9 Å². The van der Waals surface area contributed by atoms with Gasteiger partial charge in [-0.2, -0.15) is 5.06 Å². The number of carbonyl (C=O) groups excluding carboxylic acids is 1. The number of oxazole rings is 1. The van der Waals surface area contributed by atoms with Crippen LogP contribution in [0, 0.1) is 0 Å². The van der Waals surface area contributed by atoms with Crippen molar-refractivity contribution in [2.45, 2.75) is 31.3 Å². The summed E-state index contributed by atoms with van der Waals surface area (Å²) in [5, 5.41) is 1.97. The highest BCUT2D eigenvalue weighted by molar-refractivity contribution is 5.81. The first-order valence-electron chi connectivity index (χ1n) is 11.7. The number of fused-ring (bicyclic) bond motifs is 1. The summed E-state index contributed by atoms with van der Waals surface area (Å²) < 4.78 is 16.5. The van der Waals surface area contributed by atoms with E-state index in [0.29, 0.717) is 31.8 Å². The Morgan fingerprint density at radius 2 is 1.43 bits per heavy atom. The van der Waals surface area contributed by atoms with E-state index >= 15 is 0 Å². The number of rotatable bonds is 8. The van der Waals surface area contributed by atoms with Gasteiger partial charge in [-0.15, -0.1) is 0 Å². The predicted molar refractivity (Wildman–Crippen MR) is 131 cm³/mol. The molecule has 1 aliphatic rings. The number of carbonyl (C=O) groups is 1. The summed E-state index contributed by atoms with van der Waals surface area (Å²) in [5.74, 6) is 2.36. The highest BCUT2D eigenvalue weighted by atomic mass is 16.7. The lowest BCUT2D eigenvalue weighted by molar-refractivity contribution is -0.228. The zero-order chi connectivity index (χ0) is 24.2. The van der Waals surface area contributed by atoms with Crippen molar-refractivity contribution in [3.8, 4) is 11.5 Å². The zero-order valence-corrected chi connectivity index (χ0v) is 19.8. The fraction of sp³-hybridized carbons (Fsp3) is 0.286. The van der Waals surface area contributed by atoms with Gasteiger partial charge in [0.2, 0.25) is 0 Å². The van der Waals surface area contributed by atoms with E-state index in [1.165, 1.54) is 0 Å². The summed E-state index contributed by atoms with van der Waals surface area (Å²) >= 11 is 0. The standard InChI is InChI=1S/C28H28N2O5/c1-32-22-11-7-19(8-12-22)25-17-21(31)18-26(20-9-13-23(33-2)14-10-20)30(25)34-16-15-28-29-24-5-3-4-6-27(24)35-28/h3-14,25-26H,15-18H2,1-2H3. The first-order valence-corrected chi connectivity index (χ1v) is 11.7. The van der Waals surface area contributed by atoms with E-state index in [0.717, 1.165) is 33.7 Å². The molecule has 0 aliphatic carbocycles. The number of aromatic nitrogens is 1. The number of ketones is 1. The molecule has 1 aromatic heterocycles. The maximum atomic E-state index is 12.9. The molecule has 1 aliphatic heterocycles. The van der Waals surface area contributed by atoms with Crippen molar-refractivity contribution >= 4 is 16.9 Å². The number of Topliss-reactive ketones (excluding diaryl/α,β-unsaturated/α-hetero) is 1.